The van der Waals surface area contributed by atoms with Gasteiger partial charge in [0, 0.05) is 28.1 Å². The lowest BCUT2D eigenvalue weighted by Gasteiger charge is -2.09. The topological polar surface area (TPSA) is 50.2 Å². The van der Waals surface area contributed by atoms with Crippen molar-refractivity contribution in [3.8, 4) is 33.0 Å². The minimum absolute atomic E-state index is 0.0102. The molecule has 4 aromatic rings. The zero-order valence-electron chi connectivity index (χ0n) is 15.0. The van der Waals surface area contributed by atoms with E-state index in [0.717, 1.165) is 17.7 Å². The minimum atomic E-state index is -1.23. The fraction of sp³-hybridized carbons (Fsp3) is 0. The number of carbonyl (C=O) groups is 1. The predicted molar refractivity (Wildman–Crippen MR) is 115 cm³/mol. The van der Waals surface area contributed by atoms with Crippen molar-refractivity contribution in [1.82, 2.24) is 4.98 Å². The number of aromatic nitrogens is 1. The summed E-state index contributed by atoms with van der Waals surface area (Å²) in [7, 11) is 0. The van der Waals surface area contributed by atoms with Crippen molar-refractivity contribution < 1.29 is 18.7 Å². The highest BCUT2D eigenvalue weighted by Gasteiger charge is 2.18. The van der Waals surface area contributed by atoms with Gasteiger partial charge in [-0.25, -0.2) is 18.6 Å². The Hall–Kier alpha value is -2.80. The summed E-state index contributed by atoms with van der Waals surface area (Å²) in [6, 6.07) is 12.8. The Balaban J connectivity index is 1.76. The number of nitrogens with zero attached hydrogens (tertiary/aromatic N) is 1. The summed E-state index contributed by atoms with van der Waals surface area (Å²) in [5.41, 5.74) is 2.06. The zero-order valence-corrected chi connectivity index (χ0v) is 17.3. The molecule has 0 bridgehead atoms. The standard InChI is InChI=1S/C22H11Cl2F2NO2S/c23-17-6-2-11(8-18(17)24)20-10-30-21(27-20)12-1-4-14(16(7-12)22(28)29)15-5-3-13(25)9-19(15)26/h1-10H,(H,28,29). The van der Waals surface area contributed by atoms with E-state index in [1.54, 1.807) is 24.3 Å². The Labute approximate surface area is 184 Å². The number of carboxylic acids is 1. The van der Waals surface area contributed by atoms with E-state index in [-0.39, 0.29) is 16.7 Å². The molecule has 3 aromatic carbocycles. The fourth-order valence-electron chi connectivity index (χ4n) is 2.99. The predicted octanol–water partition coefficient (Wildman–Crippen LogP) is 7.43. The van der Waals surface area contributed by atoms with Gasteiger partial charge in [-0.05, 0) is 35.9 Å². The molecule has 0 atom stereocenters. The highest BCUT2D eigenvalue weighted by molar-refractivity contribution is 7.13. The normalized spacial score (nSPS) is 10.9. The monoisotopic (exact) mass is 461 g/mol. The molecule has 0 saturated heterocycles. The Bertz CT molecular complexity index is 1290. The van der Waals surface area contributed by atoms with Gasteiger partial charge in [0.05, 0.1) is 21.3 Å². The molecule has 8 heteroatoms. The maximum atomic E-state index is 14.2. The van der Waals surface area contributed by atoms with Crippen LogP contribution in [0.3, 0.4) is 0 Å². The molecule has 3 nitrogen and oxygen atoms in total. The molecule has 0 amide bonds. The Kier molecular flexibility index (Phi) is 5.56. The first kappa shape index (κ1) is 20.5. The fourth-order valence-corrected chi connectivity index (χ4v) is 4.12. The van der Waals surface area contributed by atoms with Gasteiger partial charge < -0.3 is 5.11 Å². The van der Waals surface area contributed by atoms with Crippen molar-refractivity contribution in [2.75, 3.05) is 0 Å². The number of aromatic carboxylic acids is 1. The number of halogens is 4. The van der Waals surface area contributed by atoms with Gasteiger partial charge >= 0.3 is 5.97 Å². The van der Waals surface area contributed by atoms with Crippen molar-refractivity contribution in [3.05, 3.63) is 87.2 Å². The molecule has 0 aliphatic rings. The number of hydrogen-bond acceptors (Lipinski definition) is 3. The second-order valence-electron chi connectivity index (χ2n) is 6.36. The van der Waals surface area contributed by atoms with Gasteiger partial charge in [0.2, 0.25) is 0 Å². The van der Waals surface area contributed by atoms with Crippen LogP contribution in [0.1, 0.15) is 10.4 Å². The van der Waals surface area contributed by atoms with E-state index in [1.165, 1.54) is 29.5 Å². The number of carboxylic acid groups (broad SMARTS) is 1. The lowest BCUT2D eigenvalue weighted by molar-refractivity contribution is 0.0698. The molecule has 150 valence electrons. The van der Waals surface area contributed by atoms with Crippen LogP contribution >= 0.6 is 34.5 Å². The van der Waals surface area contributed by atoms with Crippen LogP contribution in [0.2, 0.25) is 10.0 Å². The third-order valence-electron chi connectivity index (χ3n) is 4.44. The van der Waals surface area contributed by atoms with E-state index < -0.39 is 17.6 Å². The number of thiazole rings is 1. The summed E-state index contributed by atoms with van der Waals surface area (Å²) in [5.74, 6) is -2.79. The summed E-state index contributed by atoms with van der Waals surface area (Å²) in [4.78, 5) is 16.4. The summed E-state index contributed by atoms with van der Waals surface area (Å²) in [5, 5.41) is 12.9. The van der Waals surface area contributed by atoms with Crippen molar-refractivity contribution in [2.24, 2.45) is 0 Å². The van der Waals surface area contributed by atoms with Crippen LogP contribution in [0.15, 0.2) is 60.0 Å². The van der Waals surface area contributed by atoms with Crippen LogP contribution in [-0.4, -0.2) is 16.1 Å². The van der Waals surface area contributed by atoms with Gasteiger partial charge in [0.25, 0.3) is 0 Å². The van der Waals surface area contributed by atoms with E-state index in [0.29, 0.717) is 26.3 Å². The van der Waals surface area contributed by atoms with Gasteiger partial charge in [-0.3, -0.25) is 0 Å². The van der Waals surface area contributed by atoms with Crippen LogP contribution in [0, 0.1) is 11.6 Å². The summed E-state index contributed by atoms with van der Waals surface area (Å²) >= 11 is 13.3. The minimum Gasteiger partial charge on any atom is -0.478 e. The van der Waals surface area contributed by atoms with E-state index in [4.69, 9.17) is 23.2 Å². The molecular weight excluding hydrogens is 451 g/mol. The molecule has 1 N–H and O–H groups in total. The number of hydrogen-bond donors (Lipinski definition) is 1. The van der Waals surface area contributed by atoms with Gasteiger partial charge in [-0.2, -0.15) is 0 Å². The molecule has 1 aromatic heterocycles. The average Bonchev–Trinajstić information content (AvgIpc) is 3.20. The highest BCUT2D eigenvalue weighted by Crippen LogP contribution is 2.35. The van der Waals surface area contributed by atoms with Crippen LogP contribution in [0.25, 0.3) is 33.0 Å². The zero-order chi connectivity index (χ0) is 21.4. The van der Waals surface area contributed by atoms with Crippen molar-refractivity contribution in [2.45, 2.75) is 0 Å². The Morgan fingerprint density at radius 1 is 0.900 bits per heavy atom. The molecule has 0 radical (unpaired) electrons. The SMILES string of the molecule is O=C(O)c1cc(-c2nc(-c3ccc(Cl)c(Cl)c3)cs2)ccc1-c1ccc(F)cc1F. The van der Waals surface area contributed by atoms with Crippen LogP contribution in [0.5, 0.6) is 0 Å². The third-order valence-corrected chi connectivity index (χ3v) is 6.07. The Morgan fingerprint density at radius 2 is 1.63 bits per heavy atom. The van der Waals surface area contributed by atoms with E-state index >= 15 is 0 Å². The molecule has 0 fully saturated rings. The van der Waals surface area contributed by atoms with Gasteiger partial charge in [0.15, 0.2) is 0 Å². The largest absolute Gasteiger partial charge is 0.478 e. The molecule has 0 aliphatic heterocycles. The van der Waals surface area contributed by atoms with Crippen molar-refractivity contribution >= 4 is 40.5 Å². The molecule has 0 spiro atoms. The average molecular weight is 462 g/mol. The molecular formula is C22H11Cl2F2NO2S. The van der Waals surface area contributed by atoms with Crippen molar-refractivity contribution in [3.63, 3.8) is 0 Å². The third kappa shape index (κ3) is 3.94. The van der Waals surface area contributed by atoms with Crippen LogP contribution < -0.4 is 0 Å². The number of rotatable bonds is 4. The van der Waals surface area contributed by atoms with Crippen LogP contribution in [0.4, 0.5) is 8.78 Å². The molecule has 0 aliphatic carbocycles. The van der Waals surface area contributed by atoms with Crippen molar-refractivity contribution in [1.29, 1.82) is 0 Å². The first-order valence-corrected chi connectivity index (χ1v) is 10.2. The lowest BCUT2D eigenvalue weighted by atomic mass is 9.97. The highest BCUT2D eigenvalue weighted by atomic mass is 35.5. The molecule has 0 saturated carbocycles. The Morgan fingerprint density at radius 3 is 2.33 bits per heavy atom. The lowest BCUT2D eigenvalue weighted by Crippen LogP contribution is -2.01. The first-order valence-electron chi connectivity index (χ1n) is 8.57. The molecule has 0 unspecified atom stereocenters. The quantitative estimate of drug-likeness (QED) is 0.343. The van der Waals surface area contributed by atoms with E-state index in [1.807, 2.05) is 5.38 Å². The van der Waals surface area contributed by atoms with Crippen LogP contribution in [-0.2, 0) is 0 Å². The van der Waals surface area contributed by atoms with E-state index in [9.17, 15) is 18.7 Å². The molecule has 30 heavy (non-hydrogen) atoms. The van der Waals surface area contributed by atoms with Gasteiger partial charge in [-0.1, -0.05) is 41.4 Å². The summed E-state index contributed by atoms with van der Waals surface area (Å²) < 4.78 is 27.4. The number of benzene rings is 3. The smallest absolute Gasteiger partial charge is 0.336 e. The summed E-state index contributed by atoms with van der Waals surface area (Å²) in [6.07, 6.45) is 0. The first-order chi connectivity index (χ1) is 14.3. The van der Waals surface area contributed by atoms with Gasteiger partial charge in [0.1, 0.15) is 16.6 Å². The summed E-state index contributed by atoms with van der Waals surface area (Å²) in [6.45, 7) is 0. The van der Waals surface area contributed by atoms with Gasteiger partial charge in [-0.15, -0.1) is 11.3 Å². The molecule has 1 heterocycles. The second kappa shape index (κ2) is 8.14. The maximum absolute atomic E-state index is 14.2. The van der Waals surface area contributed by atoms with E-state index in [2.05, 4.69) is 4.98 Å². The maximum Gasteiger partial charge on any atom is 0.336 e. The molecule has 4 rings (SSSR count). The second-order valence-corrected chi connectivity index (χ2v) is 8.03.